The van der Waals surface area contributed by atoms with Crippen molar-refractivity contribution in [2.75, 3.05) is 0 Å². The minimum absolute atomic E-state index is 0.138. The molecule has 1 unspecified atom stereocenters. The molecule has 4 atom stereocenters. The highest BCUT2D eigenvalue weighted by atomic mass is 16.6. The molecule has 2 aliphatic carbocycles. The van der Waals surface area contributed by atoms with Crippen molar-refractivity contribution in [2.24, 2.45) is 11.3 Å². The Morgan fingerprint density at radius 3 is 2.35 bits per heavy atom. The van der Waals surface area contributed by atoms with Gasteiger partial charge in [-0.05, 0) is 45.4 Å². The van der Waals surface area contributed by atoms with E-state index in [1.54, 1.807) is 0 Å². The van der Waals surface area contributed by atoms with Crippen molar-refractivity contribution in [1.82, 2.24) is 0 Å². The highest BCUT2D eigenvalue weighted by molar-refractivity contribution is 5.37. The largest absolute Gasteiger partial charge is 0.387 e. The fourth-order valence-corrected chi connectivity index (χ4v) is 4.42. The summed E-state index contributed by atoms with van der Waals surface area (Å²) in [6.45, 7) is 10.8. The second-order valence-electron chi connectivity index (χ2n) is 7.35. The molecule has 1 N–H and O–H groups in total. The summed E-state index contributed by atoms with van der Waals surface area (Å²) in [6, 6.07) is 0. The van der Waals surface area contributed by atoms with Crippen LogP contribution in [0.15, 0.2) is 11.6 Å². The van der Waals surface area contributed by atoms with Crippen molar-refractivity contribution in [3.63, 3.8) is 0 Å². The van der Waals surface area contributed by atoms with Gasteiger partial charge in [0.2, 0.25) is 0 Å². The van der Waals surface area contributed by atoms with Gasteiger partial charge < -0.3 is 9.84 Å². The second kappa shape index (κ2) is 2.80. The molecule has 1 aliphatic heterocycles. The molecule has 2 fully saturated rings. The first-order chi connectivity index (χ1) is 7.66. The lowest BCUT2D eigenvalue weighted by atomic mass is 9.53. The molecule has 1 saturated heterocycles. The first kappa shape index (κ1) is 11.7. The Bertz CT molecular complexity index is 407. The predicted molar refractivity (Wildman–Crippen MR) is 67.7 cm³/mol. The van der Waals surface area contributed by atoms with E-state index in [0.29, 0.717) is 5.92 Å². The molecule has 0 spiro atoms. The van der Waals surface area contributed by atoms with Gasteiger partial charge in [0.25, 0.3) is 0 Å². The molecule has 17 heavy (non-hydrogen) atoms. The molecule has 2 heteroatoms. The number of rotatable bonds is 1. The Morgan fingerprint density at radius 2 is 1.82 bits per heavy atom. The molecule has 2 nitrogen and oxygen atoms in total. The van der Waals surface area contributed by atoms with E-state index in [2.05, 4.69) is 33.8 Å². The maximum Gasteiger partial charge on any atom is 0.125 e. The van der Waals surface area contributed by atoms with E-state index in [1.165, 1.54) is 5.57 Å². The smallest absolute Gasteiger partial charge is 0.125 e. The number of allylic oxidation sites excluding steroid dienone is 1. The van der Waals surface area contributed by atoms with Crippen LogP contribution in [-0.4, -0.2) is 21.9 Å². The molecule has 1 heterocycles. The number of fused-ring (bicyclic) bond motifs is 1. The number of aliphatic hydroxyl groups is 1. The Kier molecular flexibility index (Phi) is 1.93. The van der Waals surface area contributed by atoms with Crippen molar-refractivity contribution in [3.05, 3.63) is 11.6 Å². The molecule has 0 amide bonds. The van der Waals surface area contributed by atoms with Gasteiger partial charge >= 0.3 is 0 Å². The van der Waals surface area contributed by atoms with Gasteiger partial charge in [-0.1, -0.05) is 25.5 Å². The standard InChI is InChI=1S/C15H24O2/c1-10-8-11(9-10)15-12(2,3)6-7-13(4,16)14(15,5)17-15/h8,11,16H,6-7,9H2,1-5H3/t11?,13-,14-,15+/m1/s1. The summed E-state index contributed by atoms with van der Waals surface area (Å²) in [6.07, 6.45) is 5.36. The summed E-state index contributed by atoms with van der Waals surface area (Å²) in [5, 5.41) is 10.6. The van der Waals surface area contributed by atoms with E-state index in [-0.39, 0.29) is 16.6 Å². The fourth-order valence-electron chi connectivity index (χ4n) is 4.42. The van der Waals surface area contributed by atoms with Crippen LogP contribution in [0.3, 0.4) is 0 Å². The van der Waals surface area contributed by atoms with Gasteiger partial charge in [0.1, 0.15) is 11.2 Å². The van der Waals surface area contributed by atoms with Gasteiger partial charge in [-0.2, -0.15) is 0 Å². The molecule has 0 aromatic carbocycles. The van der Waals surface area contributed by atoms with Gasteiger partial charge in [-0.15, -0.1) is 0 Å². The average Bonchev–Trinajstić information content (AvgIpc) is 2.81. The number of ether oxygens (including phenoxy) is 1. The van der Waals surface area contributed by atoms with Gasteiger partial charge in [-0.25, -0.2) is 0 Å². The third-order valence-corrected chi connectivity index (χ3v) is 5.85. The second-order valence-corrected chi connectivity index (χ2v) is 7.35. The van der Waals surface area contributed by atoms with Gasteiger partial charge in [0.15, 0.2) is 0 Å². The van der Waals surface area contributed by atoms with Crippen LogP contribution < -0.4 is 0 Å². The number of hydrogen-bond acceptors (Lipinski definition) is 2. The SMILES string of the molecule is CC1=CC([C@@]23O[C@]2(C)[C@](C)(O)CCC3(C)C)C1. The van der Waals surface area contributed by atoms with Crippen LogP contribution in [0, 0.1) is 11.3 Å². The quantitative estimate of drug-likeness (QED) is 0.560. The lowest BCUT2D eigenvalue weighted by Gasteiger charge is -2.49. The summed E-state index contributed by atoms with van der Waals surface area (Å²) in [5.41, 5.74) is 0.444. The van der Waals surface area contributed by atoms with E-state index >= 15 is 0 Å². The molecule has 0 radical (unpaired) electrons. The van der Waals surface area contributed by atoms with E-state index in [4.69, 9.17) is 4.74 Å². The molecule has 96 valence electrons. The van der Waals surface area contributed by atoms with Crippen LogP contribution in [-0.2, 0) is 4.74 Å². The molecule has 0 aromatic heterocycles. The maximum atomic E-state index is 10.6. The minimum atomic E-state index is -0.681. The molecular formula is C15H24O2. The molecule has 3 rings (SSSR count). The fraction of sp³-hybridized carbons (Fsp3) is 0.867. The molecule has 3 aliphatic rings. The van der Waals surface area contributed by atoms with E-state index < -0.39 is 5.60 Å². The van der Waals surface area contributed by atoms with Gasteiger partial charge in [0.05, 0.1) is 5.60 Å². The lowest BCUT2D eigenvalue weighted by molar-refractivity contribution is -0.0516. The topological polar surface area (TPSA) is 32.8 Å². The highest BCUT2D eigenvalue weighted by Crippen LogP contribution is 2.73. The summed E-state index contributed by atoms with van der Waals surface area (Å²) in [7, 11) is 0. The summed E-state index contributed by atoms with van der Waals surface area (Å²) >= 11 is 0. The van der Waals surface area contributed by atoms with Crippen LogP contribution in [0.5, 0.6) is 0 Å². The summed E-state index contributed by atoms with van der Waals surface area (Å²) < 4.78 is 6.24. The monoisotopic (exact) mass is 236 g/mol. The van der Waals surface area contributed by atoms with E-state index in [0.717, 1.165) is 19.3 Å². The first-order valence-corrected chi connectivity index (χ1v) is 6.76. The first-order valence-electron chi connectivity index (χ1n) is 6.76. The van der Waals surface area contributed by atoms with Crippen LogP contribution in [0.1, 0.15) is 53.9 Å². The lowest BCUT2D eigenvalue weighted by Crippen LogP contribution is -2.58. The highest BCUT2D eigenvalue weighted by Gasteiger charge is 2.83. The number of epoxide rings is 1. The van der Waals surface area contributed by atoms with Crippen molar-refractivity contribution in [1.29, 1.82) is 0 Å². The average molecular weight is 236 g/mol. The third kappa shape index (κ3) is 1.09. The van der Waals surface area contributed by atoms with Crippen molar-refractivity contribution >= 4 is 0 Å². The zero-order valence-electron chi connectivity index (χ0n) is 11.6. The normalized spacial score (nSPS) is 55.6. The van der Waals surface area contributed by atoms with Crippen LogP contribution in [0.25, 0.3) is 0 Å². The Labute approximate surface area is 104 Å². The molecule has 1 saturated carbocycles. The van der Waals surface area contributed by atoms with Crippen LogP contribution in [0.4, 0.5) is 0 Å². The van der Waals surface area contributed by atoms with E-state index in [9.17, 15) is 5.11 Å². The van der Waals surface area contributed by atoms with Crippen LogP contribution >= 0.6 is 0 Å². The molecular weight excluding hydrogens is 212 g/mol. The maximum absolute atomic E-state index is 10.6. The van der Waals surface area contributed by atoms with Crippen molar-refractivity contribution in [3.8, 4) is 0 Å². The summed E-state index contributed by atoms with van der Waals surface area (Å²) in [5.74, 6) is 0.495. The van der Waals surface area contributed by atoms with E-state index in [1.807, 2.05) is 6.92 Å². The van der Waals surface area contributed by atoms with Gasteiger partial charge in [0, 0.05) is 5.92 Å². The summed E-state index contributed by atoms with van der Waals surface area (Å²) in [4.78, 5) is 0. The Morgan fingerprint density at radius 1 is 1.24 bits per heavy atom. The third-order valence-electron chi connectivity index (χ3n) is 5.85. The van der Waals surface area contributed by atoms with Crippen LogP contribution in [0.2, 0.25) is 0 Å². The molecule has 0 bridgehead atoms. The minimum Gasteiger partial charge on any atom is -0.387 e. The predicted octanol–water partition coefficient (Wildman–Crippen LogP) is 3.05. The number of hydrogen-bond donors (Lipinski definition) is 1. The Balaban J connectivity index is 2.03. The van der Waals surface area contributed by atoms with Crippen molar-refractivity contribution < 1.29 is 9.84 Å². The Hall–Kier alpha value is -0.340. The molecule has 0 aromatic rings. The zero-order chi connectivity index (χ0) is 12.7. The van der Waals surface area contributed by atoms with Crippen molar-refractivity contribution in [2.45, 2.75) is 70.7 Å². The zero-order valence-corrected chi connectivity index (χ0v) is 11.6. The van der Waals surface area contributed by atoms with Gasteiger partial charge in [-0.3, -0.25) is 0 Å².